The summed E-state index contributed by atoms with van der Waals surface area (Å²) in [6.07, 6.45) is 0.958. The highest BCUT2D eigenvalue weighted by Crippen LogP contribution is 2.28. The molecule has 108 valence electrons. The Morgan fingerprint density at radius 2 is 2.00 bits per heavy atom. The predicted octanol–water partition coefficient (Wildman–Crippen LogP) is 2.01. The molecule has 0 N–H and O–H groups in total. The van der Waals surface area contributed by atoms with Crippen LogP contribution in [0.25, 0.3) is 0 Å². The zero-order chi connectivity index (χ0) is 15.1. The molecule has 1 atom stereocenters. The van der Waals surface area contributed by atoms with E-state index in [-0.39, 0.29) is 5.91 Å². The Hall–Kier alpha value is -2.22. The Morgan fingerprint density at radius 3 is 2.55 bits per heavy atom. The Kier molecular flexibility index (Phi) is 5.85. The van der Waals surface area contributed by atoms with E-state index >= 15 is 0 Å². The average molecular weight is 276 g/mol. The first kappa shape index (κ1) is 15.8. The Balaban J connectivity index is 2.67. The molecule has 0 aliphatic heterocycles. The number of methoxy groups -OCH3 is 2. The van der Waals surface area contributed by atoms with Crippen molar-refractivity contribution in [3.63, 3.8) is 0 Å². The molecule has 0 spiro atoms. The summed E-state index contributed by atoms with van der Waals surface area (Å²) in [5.41, 5.74) is 0.994. The molecule has 0 bridgehead atoms. The van der Waals surface area contributed by atoms with Gasteiger partial charge >= 0.3 is 0 Å². The Morgan fingerprint density at radius 1 is 1.35 bits per heavy atom. The van der Waals surface area contributed by atoms with Gasteiger partial charge in [0.2, 0.25) is 5.91 Å². The van der Waals surface area contributed by atoms with Gasteiger partial charge < -0.3 is 14.4 Å². The standard InChI is InChI=1S/C15H20N2O3/c1-11(10-16)17(2)15(18)8-6-12-5-7-13(19-3)14(9-12)20-4/h5,7,9,11H,6,8H2,1-4H3. The number of nitrogens with zero attached hydrogens (tertiary/aromatic N) is 2. The van der Waals surface area contributed by atoms with Crippen LogP contribution in [0.3, 0.4) is 0 Å². The smallest absolute Gasteiger partial charge is 0.223 e. The number of hydrogen-bond donors (Lipinski definition) is 0. The van der Waals surface area contributed by atoms with Crippen molar-refractivity contribution in [3.05, 3.63) is 23.8 Å². The van der Waals surface area contributed by atoms with Crippen LogP contribution in [0.15, 0.2) is 18.2 Å². The summed E-state index contributed by atoms with van der Waals surface area (Å²) < 4.78 is 10.4. The normalized spacial score (nSPS) is 11.3. The SMILES string of the molecule is COc1ccc(CCC(=O)N(C)C(C)C#N)cc1OC. The summed E-state index contributed by atoms with van der Waals surface area (Å²) >= 11 is 0. The lowest BCUT2D eigenvalue weighted by molar-refractivity contribution is -0.130. The molecule has 0 fully saturated rings. The molecule has 0 saturated carbocycles. The monoisotopic (exact) mass is 276 g/mol. The third-order valence-electron chi connectivity index (χ3n) is 3.24. The van der Waals surface area contributed by atoms with Crippen molar-refractivity contribution in [2.75, 3.05) is 21.3 Å². The second kappa shape index (κ2) is 7.39. The quantitative estimate of drug-likeness (QED) is 0.797. The van der Waals surface area contributed by atoms with Gasteiger partial charge in [0.25, 0.3) is 0 Å². The van der Waals surface area contributed by atoms with E-state index in [1.807, 2.05) is 24.3 Å². The molecule has 1 aromatic carbocycles. The van der Waals surface area contributed by atoms with E-state index in [2.05, 4.69) is 0 Å². The van der Waals surface area contributed by atoms with Gasteiger partial charge in [-0.05, 0) is 31.0 Å². The van der Waals surface area contributed by atoms with Gasteiger partial charge in [0.05, 0.1) is 20.3 Å². The van der Waals surface area contributed by atoms with Crippen molar-refractivity contribution in [1.82, 2.24) is 4.90 Å². The summed E-state index contributed by atoms with van der Waals surface area (Å²) in [5, 5.41) is 8.79. The number of carbonyl (C=O) groups excluding carboxylic acids is 1. The molecular formula is C15H20N2O3. The molecular weight excluding hydrogens is 256 g/mol. The van der Waals surface area contributed by atoms with Gasteiger partial charge in [-0.1, -0.05) is 6.07 Å². The molecule has 0 radical (unpaired) electrons. The van der Waals surface area contributed by atoms with Gasteiger partial charge in [-0.3, -0.25) is 4.79 Å². The lowest BCUT2D eigenvalue weighted by Gasteiger charge is -2.19. The molecule has 1 aromatic rings. The molecule has 0 heterocycles. The summed E-state index contributed by atoms with van der Waals surface area (Å²) in [5.74, 6) is 1.27. The molecule has 0 aromatic heterocycles. The van der Waals surface area contributed by atoms with Crippen molar-refractivity contribution in [3.8, 4) is 17.6 Å². The van der Waals surface area contributed by atoms with Crippen molar-refractivity contribution in [1.29, 1.82) is 5.26 Å². The molecule has 1 amide bonds. The number of hydrogen-bond acceptors (Lipinski definition) is 4. The topological polar surface area (TPSA) is 62.6 Å². The molecule has 1 unspecified atom stereocenters. The van der Waals surface area contributed by atoms with Gasteiger partial charge in [-0.2, -0.15) is 5.26 Å². The zero-order valence-corrected chi connectivity index (χ0v) is 12.3. The fourth-order valence-corrected chi connectivity index (χ4v) is 1.77. The van der Waals surface area contributed by atoms with Gasteiger partial charge in [-0.15, -0.1) is 0 Å². The number of ether oxygens (including phenoxy) is 2. The maximum atomic E-state index is 11.9. The highest BCUT2D eigenvalue weighted by atomic mass is 16.5. The number of nitriles is 1. The third kappa shape index (κ3) is 3.89. The Bertz CT molecular complexity index is 508. The van der Waals surface area contributed by atoms with Crippen LogP contribution in [-0.4, -0.2) is 38.1 Å². The van der Waals surface area contributed by atoms with Crippen molar-refractivity contribution in [2.45, 2.75) is 25.8 Å². The fourth-order valence-electron chi connectivity index (χ4n) is 1.77. The minimum atomic E-state index is -0.409. The first-order chi connectivity index (χ1) is 9.53. The maximum absolute atomic E-state index is 11.9. The fraction of sp³-hybridized carbons (Fsp3) is 0.467. The summed E-state index contributed by atoms with van der Waals surface area (Å²) in [4.78, 5) is 13.4. The van der Waals surface area contributed by atoms with E-state index in [1.165, 1.54) is 4.90 Å². The minimum absolute atomic E-state index is 0.0474. The van der Waals surface area contributed by atoms with Crippen LogP contribution in [-0.2, 0) is 11.2 Å². The molecule has 5 heteroatoms. The maximum Gasteiger partial charge on any atom is 0.223 e. The van der Waals surface area contributed by atoms with Gasteiger partial charge in [0, 0.05) is 13.5 Å². The van der Waals surface area contributed by atoms with E-state index in [9.17, 15) is 4.79 Å². The van der Waals surface area contributed by atoms with E-state index in [0.29, 0.717) is 24.3 Å². The van der Waals surface area contributed by atoms with E-state index in [0.717, 1.165) is 5.56 Å². The van der Waals surface area contributed by atoms with Crippen LogP contribution in [0.2, 0.25) is 0 Å². The zero-order valence-electron chi connectivity index (χ0n) is 12.3. The highest BCUT2D eigenvalue weighted by molar-refractivity contribution is 5.76. The third-order valence-corrected chi connectivity index (χ3v) is 3.24. The Labute approximate surface area is 119 Å². The van der Waals surface area contributed by atoms with Crippen LogP contribution in [0.4, 0.5) is 0 Å². The number of amides is 1. The van der Waals surface area contributed by atoms with Crippen LogP contribution >= 0.6 is 0 Å². The second-order valence-corrected chi connectivity index (χ2v) is 4.50. The van der Waals surface area contributed by atoms with Crippen LogP contribution in [0, 0.1) is 11.3 Å². The number of benzene rings is 1. The molecule has 0 aliphatic carbocycles. The van der Waals surface area contributed by atoms with Crippen LogP contribution < -0.4 is 9.47 Å². The van der Waals surface area contributed by atoms with Gasteiger partial charge in [0.1, 0.15) is 6.04 Å². The van der Waals surface area contributed by atoms with Crippen LogP contribution in [0.1, 0.15) is 18.9 Å². The summed E-state index contributed by atoms with van der Waals surface area (Å²) in [6.45, 7) is 1.70. The van der Waals surface area contributed by atoms with Crippen LogP contribution in [0.5, 0.6) is 11.5 Å². The predicted molar refractivity (Wildman–Crippen MR) is 75.7 cm³/mol. The molecule has 0 aliphatic rings. The van der Waals surface area contributed by atoms with Crippen molar-refractivity contribution < 1.29 is 14.3 Å². The number of rotatable bonds is 6. The first-order valence-electron chi connectivity index (χ1n) is 6.39. The second-order valence-electron chi connectivity index (χ2n) is 4.50. The van der Waals surface area contributed by atoms with E-state index < -0.39 is 6.04 Å². The minimum Gasteiger partial charge on any atom is -0.493 e. The average Bonchev–Trinajstić information content (AvgIpc) is 2.50. The van der Waals surface area contributed by atoms with E-state index in [4.69, 9.17) is 14.7 Å². The van der Waals surface area contributed by atoms with Crippen molar-refractivity contribution in [2.24, 2.45) is 0 Å². The molecule has 20 heavy (non-hydrogen) atoms. The molecule has 1 rings (SSSR count). The van der Waals surface area contributed by atoms with Crippen molar-refractivity contribution >= 4 is 5.91 Å². The number of aryl methyl sites for hydroxylation is 1. The first-order valence-corrected chi connectivity index (χ1v) is 6.39. The number of carbonyl (C=O) groups is 1. The molecule has 5 nitrogen and oxygen atoms in total. The highest BCUT2D eigenvalue weighted by Gasteiger charge is 2.15. The van der Waals surface area contributed by atoms with E-state index in [1.54, 1.807) is 28.2 Å². The summed E-state index contributed by atoms with van der Waals surface area (Å²) in [6, 6.07) is 7.22. The summed E-state index contributed by atoms with van der Waals surface area (Å²) in [7, 11) is 4.80. The lowest BCUT2D eigenvalue weighted by Crippen LogP contribution is -2.34. The van der Waals surface area contributed by atoms with Gasteiger partial charge in [0.15, 0.2) is 11.5 Å². The lowest BCUT2D eigenvalue weighted by atomic mass is 10.1. The van der Waals surface area contributed by atoms with Gasteiger partial charge in [-0.25, -0.2) is 0 Å². The largest absolute Gasteiger partial charge is 0.493 e. The molecule has 0 saturated heterocycles.